The summed E-state index contributed by atoms with van der Waals surface area (Å²) >= 11 is 0. The van der Waals surface area contributed by atoms with E-state index in [4.69, 9.17) is 4.52 Å². The van der Waals surface area contributed by atoms with E-state index in [-0.39, 0.29) is 30.3 Å². The highest BCUT2D eigenvalue weighted by Crippen LogP contribution is 2.29. The Bertz CT molecular complexity index is 973. The number of piperazine rings is 1. The van der Waals surface area contributed by atoms with Gasteiger partial charge in [-0.2, -0.15) is 0 Å². The Labute approximate surface area is 169 Å². The zero-order chi connectivity index (χ0) is 19.0. The van der Waals surface area contributed by atoms with Gasteiger partial charge >= 0.3 is 0 Å². The fourth-order valence-corrected chi connectivity index (χ4v) is 3.55. The van der Waals surface area contributed by atoms with Gasteiger partial charge in [-0.3, -0.25) is 9.78 Å². The van der Waals surface area contributed by atoms with E-state index in [1.54, 1.807) is 6.20 Å². The highest BCUT2D eigenvalue weighted by atomic mass is 35.5. The quantitative estimate of drug-likeness (QED) is 0.725. The number of aromatic nitrogens is 3. The highest BCUT2D eigenvalue weighted by Gasteiger charge is 2.31. The van der Waals surface area contributed by atoms with Crippen LogP contribution in [0.1, 0.15) is 53.1 Å². The maximum Gasteiger partial charge on any atom is 0.259 e. The van der Waals surface area contributed by atoms with Crippen LogP contribution in [-0.4, -0.2) is 45.6 Å². The second-order valence-electron chi connectivity index (χ2n) is 7.20. The summed E-state index contributed by atoms with van der Waals surface area (Å²) < 4.78 is 5.37. The van der Waals surface area contributed by atoms with E-state index in [2.05, 4.69) is 34.3 Å². The number of carbonyl (C=O) groups is 1. The van der Waals surface area contributed by atoms with Crippen molar-refractivity contribution in [2.75, 3.05) is 19.6 Å². The van der Waals surface area contributed by atoms with E-state index >= 15 is 0 Å². The van der Waals surface area contributed by atoms with Crippen molar-refractivity contribution in [3.63, 3.8) is 0 Å². The first-order valence-electron chi connectivity index (χ1n) is 9.24. The maximum absolute atomic E-state index is 13.6. The summed E-state index contributed by atoms with van der Waals surface area (Å²) in [6, 6.07) is 5.74. The number of carbonyl (C=O) groups excluding carboxylic acids is 1. The number of pyridine rings is 2. The normalized spacial score (nSPS) is 17.0. The van der Waals surface area contributed by atoms with E-state index < -0.39 is 0 Å². The fourth-order valence-electron chi connectivity index (χ4n) is 3.55. The minimum atomic E-state index is -0.0640. The van der Waals surface area contributed by atoms with Crippen LogP contribution >= 0.6 is 12.4 Å². The summed E-state index contributed by atoms with van der Waals surface area (Å²) in [6.45, 7) is 8.03. The highest BCUT2D eigenvalue weighted by molar-refractivity contribution is 6.06. The van der Waals surface area contributed by atoms with Gasteiger partial charge in [0, 0.05) is 37.7 Å². The molecule has 1 saturated heterocycles. The molecule has 0 bridgehead atoms. The number of halogens is 1. The number of amides is 1. The van der Waals surface area contributed by atoms with Crippen molar-refractivity contribution in [1.82, 2.24) is 25.3 Å². The average molecular weight is 402 g/mol. The zero-order valence-electron chi connectivity index (χ0n) is 16.2. The van der Waals surface area contributed by atoms with E-state index in [0.29, 0.717) is 35.4 Å². The van der Waals surface area contributed by atoms with Gasteiger partial charge in [0.25, 0.3) is 11.6 Å². The molecule has 1 atom stereocenters. The molecule has 8 heteroatoms. The average Bonchev–Trinajstić information content (AvgIpc) is 3.08. The molecule has 0 radical (unpaired) electrons. The first kappa shape index (κ1) is 20.2. The van der Waals surface area contributed by atoms with E-state index in [0.717, 1.165) is 17.8 Å². The largest absolute Gasteiger partial charge is 0.336 e. The lowest BCUT2D eigenvalue weighted by Gasteiger charge is -2.36. The summed E-state index contributed by atoms with van der Waals surface area (Å²) in [4.78, 5) is 24.3. The molecule has 1 amide bonds. The topological polar surface area (TPSA) is 84.2 Å². The smallest absolute Gasteiger partial charge is 0.259 e. The van der Waals surface area contributed by atoms with Gasteiger partial charge in [0.1, 0.15) is 0 Å². The molecule has 1 N–H and O–H groups in total. The van der Waals surface area contributed by atoms with Crippen molar-refractivity contribution < 1.29 is 9.32 Å². The molecule has 4 heterocycles. The van der Waals surface area contributed by atoms with Crippen LogP contribution in [0.15, 0.2) is 35.1 Å². The molecule has 3 aromatic heterocycles. The molecular formula is C20H24ClN5O2. The Balaban J connectivity index is 0.00000225. The lowest BCUT2D eigenvalue weighted by atomic mass is 10.0. The predicted molar refractivity (Wildman–Crippen MR) is 109 cm³/mol. The number of nitrogens with one attached hydrogen (secondary N) is 1. The van der Waals surface area contributed by atoms with Crippen LogP contribution in [0, 0.1) is 6.92 Å². The molecule has 148 valence electrons. The van der Waals surface area contributed by atoms with Gasteiger partial charge in [-0.25, -0.2) is 4.98 Å². The molecule has 0 aliphatic carbocycles. The van der Waals surface area contributed by atoms with Gasteiger partial charge in [-0.15, -0.1) is 12.4 Å². The van der Waals surface area contributed by atoms with Gasteiger partial charge in [0.2, 0.25) is 0 Å². The van der Waals surface area contributed by atoms with Crippen LogP contribution < -0.4 is 5.32 Å². The van der Waals surface area contributed by atoms with Crippen molar-refractivity contribution in [2.45, 2.75) is 32.7 Å². The standard InChI is InChI=1S/C20H23N5O2.ClH/c1-12(2)16-9-15(18-13(3)24-27-19(18)23-16)20(26)25-8-7-22-11-17(25)14-5-4-6-21-10-14;/h4-6,9-10,12,17,22H,7-8,11H2,1-3H3;1H. The minimum absolute atomic E-state index is 0. The SMILES string of the molecule is Cc1noc2nc(C(C)C)cc(C(=O)N3CCNCC3c3cccnc3)c12.Cl. The number of aryl methyl sites for hydroxylation is 1. The van der Waals surface area contributed by atoms with Crippen LogP contribution in [0.25, 0.3) is 11.1 Å². The summed E-state index contributed by atoms with van der Waals surface area (Å²) in [6.07, 6.45) is 3.57. The number of rotatable bonds is 3. The van der Waals surface area contributed by atoms with Crippen LogP contribution in [-0.2, 0) is 0 Å². The molecule has 28 heavy (non-hydrogen) atoms. The number of nitrogens with zero attached hydrogens (tertiary/aromatic N) is 4. The van der Waals surface area contributed by atoms with E-state index in [1.807, 2.05) is 36.2 Å². The molecule has 0 aromatic carbocycles. The zero-order valence-corrected chi connectivity index (χ0v) is 17.0. The lowest BCUT2D eigenvalue weighted by Crippen LogP contribution is -2.48. The molecule has 4 rings (SSSR count). The van der Waals surface area contributed by atoms with Crippen molar-refractivity contribution in [3.8, 4) is 0 Å². The Kier molecular flexibility index (Phi) is 5.96. The first-order valence-corrected chi connectivity index (χ1v) is 9.24. The third-order valence-corrected chi connectivity index (χ3v) is 5.03. The number of hydrogen-bond acceptors (Lipinski definition) is 6. The molecule has 1 unspecified atom stereocenters. The lowest BCUT2D eigenvalue weighted by molar-refractivity contribution is 0.0635. The fraction of sp³-hybridized carbons (Fsp3) is 0.400. The van der Waals surface area contributed by atoms with Gasteiger partial charge in [-0.1, -0.05) is 25.1 Å². The third-order valence-electron chi connectivity index (χ3n) is 5.03. The second-order valence-corrected chi connectivity index (χ2v) is 7.20. The molecule has 0 spiro atoms. The van der Waals surface area contributed by atoms with E-state index in [9.17, 15) is 4.79 Å². The van der Waals surface area contributed by atoms with E-state index in [1.165, 1.54) is 0 Å². The van der Waals surface area contributed by atoms with Crippen LogP contribution in [0.5, 0.6) is 0 Å². The van der Waals surface area contributed by atoms with Crippen molar-refractivity contribution >= 4 is 29.4 Å². The monoisotopic (exact) mass is 401 g/mol. The van der Waals surface area contributed by atoms with Gasteiger partial charge in [-0.05, 0) is 30.5 Å². The molecule has 0 saturated carbocycles. The van der Waals surface area contributed by atoms with Crippen LogP contribution in [0.3, 0.4) is 0 Å². The Morgan fingerprint density at radius 2 is 2.21 bits per heavy atom. The van der Waals surface area contributed by atoms with Gasteiger partial charge in [0.05, 0.1) is 22.7 Å². The number of hydrogen-bond donors (Lipinski definition) is 1. The summed E-state index contributed by atoms with van der Waals surface area (Å²) in [5, 5.41) is 8.11. The third kappa shape index (κ3) is 3.59. The molecule has 1 fully saturated rings. The Hall–Kier alpha value is -2.51. The number of fused-ring (bicyclic) bond motifs is 1. The van der Waals surface area contributed by atoms with Crippen LogP contribution in [0.4, 0.5) is 0 Å². The van der Waals surface area contributed by atoms with Crippen molar-refractivity contribution in [3.05, 3.63) is 53.1 Å². The Morgan fingerprint density at radius 3 is 2.93 bits per heavy atom. The molecule has 7 nitrogen and oxygen atoms in total. The molecular weight excluding hydrogens is 378 g/mol. The van der Waals surface area contributed by atoms with Gasteiger partial charge in [0.15, 0.2) is 0 Å². The predicted octanol–water partition coefficient (Wildman–Crippen LogP) is 3.26. The summed E-state index contributed by atoms with van der Waals surface area (Å²) in [5.41, 5.74) is 3.57. The Morgan fingerprint density at radius 1 is 1.39 bits per heavy atom. The maximum atomic E-state index is 13.6. The van der Waals surface area contributed by atoms with Gasteiger partial charge < -0.3 is 14.7 Å². The summed E-state index contributed by atoms with van der Waals surface area (Å²) in [7, 11) is 0. The second kappa shape index (κ2) is 8.24. The molecule has 1 aliphatic rings. The molecule has 3 aromatic rings. The first-order chi connectivity index (χ1) is 13.1. The summed E-state index contributed by atoms with van der Waals surface area (Å²) in [5.74, 6) is 0.162. The molecule has 1 aliphatic heterocycles. The van der Waals surface area contributed by atoms with Crippen molar-refractivity contribution in [2.24, 2.45) is 0 Å². The van der Waals surface area contributed by atoms with Crippen LogP contribution in [0.2, 0.25) is 0 Å². The minimum Gasteiger partial charge on any atom is -0.336 e. The van der Waals surface area contributed by atoms with Crippen molar-refractivity contribution in [1.29, 1.82) is 0 Å².